The number of hydrogen-bond donors (Lipinski definition) is 1. The van der Waals surface area contributed by atoms with Crippen molar-refractivity contribution in [3.63, 3.8) is 0 Å². The van der Waals surface area contributed by atoms with Crippen LogP contribution in [0, 0.1) is 0 Å². The molecule has 1 heterocycles. The van der Waals surface area contributed by atoms with Gasteiger partial charge in [0.05, 0.1) is 0 Å². The van der Waals surface area contributed by atoms with E-state index in [9.17, 15) is 9.59 Å². The van der Waals surface area contributed by atoms with Crippen LogP contribution in [0.3, 0.4) is 0 Å². The van der Waals surface area contributed by atoms with Crippen molar-refractivity contribution in [1.29, 1.82) is 0 Å². The quantitative estimate of drug-likeness (QED) is 0.801. The van der Waals surface area contributed by atoms with Gasteiger partial charge in [-0.2, -0.15) is 0 Å². The predicted octanol–water partition coefficient (Wildman–Crippen LogP) is 1.20. The summed E-state index contributed by atoms with van der Waals surface area (Å²) in [6.07, 6.45) is 2.27. The Hall–Kier alpha value is -1.69. The molecule has 0 saturated heterocycles. The minimum Gasteiger partial charge on any atom is -0.443 e. The van der Waals surface area contributed by atoms with Crippen molar-refractivity contribution in [1.82, 2.24) is 9.55 Å². The van der Waals surface area contributed by atoms with Gasteiger partial charge in [0.15, 0.2) is 5.78 Å². The molecule has 0 radical (unpaired) electrons. The van der Waals surface area contributed by atoms with Crippen molar-refractivity contribution >= 4 is 11.9 Å². The SMILES string of the molecule is CC(C)(C)OC(=O)n1cnc(C(=O)CCN)c1. The molecular weight excluding hydrogens is 222 g/mol. The lowest BCUT2D eigenvalue weighted by Gasteiger charge is -2.18. The Morgan fingerprint density at radius 1 is 1.47 bits per heavy atom. The molecular formula is C11H17N3O3. The van der Waals surface area contributed by atoms with Gasteiger partial charge in [-0.15, -0.1) is 0 Å². The van der Waals surface area contributed by atoms with Gasteiger partial charge >= 0.3 is 6.09 Å². The fourth-order valence-corrected chi connectivity index (χ4v) is 1.14. The summed E-state index contributed by atoms with van der Waals surface area (Å²) in [6.45, 7) is 5.56. The summed E-state index contributed by atoms with van der Waals surface area (Å²) in [4.78, 5) is 26.9. The van der Waals surface area contributed by atoms with E-state index in [-0.39, 0.29) is 24.4 Å². The Labute approximate surface area is 99.8 Å². The van der Waals surface area contributed by atoms with Crippen molar-refractivity contribution in [3.8, 4) is 0 Å². The molecule has 0 spiro atoms. The number of rotatable bonds is 3. The first-order valence-electron chi connectivity index (χ1n) is 5.34. The van der Waals surface area contributed by atoms with Crippen molar-refractivity contribution in [2.75, 3.05) is 6.54 Å². The fourth-order valence-electron chi connectivity index (χ4n) is 1.14. The van der Waals surface area contributed by atoms with E-state index in [0.717, 1.165) is 4.57 Å². The van der Waals surface area contributed by atoms with Gasteiger partial charge < -0.3 is 10.5 Å². The van der Waals surface area contributed by atoms with Crippen molar-refractivity contribution < 1.29 is 14.3 Å². The number of Topliss-reactive ketones (excluding diaryl/α,β-unsaturated/α-hetero) is 1. The zero-order chi connectivity index (χ0) is 13.1. The van der Waals surface area contributed by atoms with Gasteiger partial charge in [-0.1, -0.05) is 0 Å². The Bertz CT molecular complexity index is 418. The van der Waals surface area contributed by atoms with E-state index in [4.69, 9.17) is 10.5 Å². The van der Waals surface area contributed by atoms with Crippen LogP contribution >= 0.6 is 0 Å². The first-order chi connectivity index (χ1) is 7.83. The molecule has 0 aliphatic heterocycles. The maximum Gasteiger partial charge on any atom is 0.419 e. The van der Waals surface area contributed by atoms with E-state index in [1.54, 1.807) is 20.8 Å². The minimum atomic E-state index is -0.581. The topological polar surface area (TPSA) is 87.2 Å². The summed E-state index contributed by atoms with van der Waals surface area (Å²) < 4.78 is 6.27. The molecule has 6 heteroatoms. The van der Waals surface area contributed by atoms with Gasteiger partial charge in [0.2, 0.25) is 0 Å². The van der Waals surface area contributed by atoms with Gasteiger partial charge in [-0.05, 0) is 27.3 Å². The van der Waals surface area contributed by atoms with Crippen molar-refractivity contribution in [2.24, 2.45) is 5.73 Å². The first kappa shape index (κ1) is 13.4. The van der Waals surface area contributed by atoms with Crippen LogP contribution in [0.25, 0.3) is 0 Å². The number of imidazole rings is 1. The molecule has 0 amide bonds. The van der Waals surface area contributed by atoms with Crippen molar-refractivity contribution in [2.45, 2.75) is 32.8 Å². The molecule has 0 fully saturated rings. The number of ether oxygens (including phenoxy) is 1. The van der Waals surface area contributed by atoms with Crippen LogP contribution in [-0.4, -0.2) is 33.6 Å². The zero-order valence-electron chi connectivity index (χ0n) is 10.3. The lowest BCUT2D eigenvalue weighted by Crippen LogP contribution is -2.26. The molecule has 6 nitrogen and oxygen atoms in total. The lowest BCUT2D eigenvalue weighted by atomic mass is 10.2. The molecule has 1 aromatic heterocycles. The predicted molar refractivity (Wildman–Crippen MR) is 61.9 cm³/mol. The summed E-state index contributed by atoms with van der Waals surface area (Å²) in [5.74, 6) is -0.185. The van der Waals surface area contributed by atoms with Crippen LogP contribution in [0.1, 0.15) is 37.7 Å². The van der Waals surface area contributed by atoms with Crippen molar-refractivity contribution in [3.05, 3.63) is 18.2 Å². The molecule has 17 heavy (non-hydrogen) atoms. The Kier molecular flexibility index (Phi) is 4.01. The lowest BCUT2D eigenvalue weighted by molar-refractivity contribution is 0.0536. The smallest absolute Gasteiger partial charge is 0.419 e. The Morgan fingerprint density at radius 3 is 2.65 bits per heavy atom. The van der Waals surface area contributed by atoms with Crippen LogP contribution in [0.15, 0.2) is 12.5 Å². The molecule has 0 saturated carbocycles. The summed E-state index contributed by atoms with van der Waals surface area (Å²) in [6, 6.07) is 0. The Morgan fingerprint density at radius 2 is 2.12 bits per heavy atom. The number of nitrogens with zero attached hydrogens (tertiary/aromatic N) is 2. The molecule has 0 atom stereocenters. The van der Waals surface area contributed by atoms with Crippen LogP contribution in [-0.2, 0) is 4.74 Å². The Balaban J connectivity index is 2.74. The molecule has 2 N–H and O–H groups in total. The van der Waals surface area contributed by atoms with E-state index in [0.29, 0.717) is 0 Å². The molecule has 0 aliphatic carbocycles. The summed E-state index contributed by atoms with van der Waals surface area (Å²) in [7, 11) is 0. The van der Waals surface area contributed by atoms with Gasteiger partial charge in [-0.3, -0.25) is 4.79 Å². The summed E-state index contributed by atoms with van der Waals surface area (Å²) in [5, 5.41) is 0. The second kappa shape index (κ2) is 5.09. The molecule has 0 aliphatic rings. The summed E-state index contributed by atoms with van der Waals surface area (Å²) in [5.41, 5.74) is 4.91. The average molecular weight is 239 g/mol. The fraction of sp³-hybridized carbons (Fsp3) is 0.545. The third-order valence-corrected chi connectivity index (χ3v) is 1.84. The molecule has 1 rings (SSSR count). The molecule has 0 aromatic carbocycles. The van der Waals surface area contributed by atoms with E-state index >= 15 is 0 Å². The monoisotopic (exact) mass is 239 g/mol. The second-order valence-corrected chi connectivity index (χ2v) is 4.61. The van der Waals surface area contributed by atoms with E-state index in [1.165, 1.54) is 12.5 Å². The molecule has 0 bridgehead atoms. The largest absolute Gasteiger partial charge is 0.443 e. The highest BCUT2D eigenvalue weighted by molar-refractivity contribution is 5.94. The standard InChI is InChI=1S/C11H17N3O3/c1-11(2,3)17-10(16)14-6-8(13-7-14)9(15)4-5-12/h6-7H,4-5,12H2,1-3H3. The molecule has 0 unspecified atom stereocenters. The van der Waals surface area contributed by atoms with Gasteiger partial charge in [0.1, 0.15) is 17.6 Å². The number of carbonyl (C=O) groups is 2. The third kappa shape index (κ3) is 3.99. The first-order valence-corrected chi connectivity index (χ1v) is 5.34. The zero-order valence-corrected chi connectivity index (χ0v) is 10.3. The number of nitrogens with two attached hydrogens (primary N) is 1. The highest BCUT2D eigenvalue weighted by Crippen LogP contribution is 2.09. The summed E-state index contributed by atoms with van der Waals surface area (Å²) >= 11 is 0. The number of hydrogen-bond acceptors (Lipinski definition) is 5. The maximum atomic E-state index is 11.6. The van der Waals surface area contributed by atoms with Crippen LogP contribution in [0.5, 0.6) is 0 Å². The number of carbonyl (C=O) groups excluding carboxylic acids is 2. The highest BCUT2D eigenvalue weighted by Gasteiger charge is 2.19. The van der Waals surface area contributed by atoms with E-state index in [2.05, 4.69) is 4.98 Å². The van der Waals surface area contributed by atoms with Crippen LogP contribution in [0.4, 0.5) is 4.79 Å². The number of aromatic nitrogens is 2. The minimum absolute atomic E-state index is 0.185. The van der Waals surface area contributed by atoms with E-state index < -0.39 is 11.7 Å². The average Bonchev–Trinajstić information content (AvgIpc) is 2.63. The maximum absolute atomic E-state index is 11.6. The highest BCUT2D eigenvalue weighted by atomic mass is 16.6. The molecule has 94 valence electrons. The van der Waals surface area contributed by atoms with Gasteiger partial charge in [-0.25, -0.2) is 14.3 Å². The van der Waals surface area contributed by atoms with Gasteiger partial charge in [0, 0.05) is 12.6 Å². The second-order valence-electron chi connectivity index (χ2n) is 4.61. The normalized spacial score (nSPS) is 11.3. The van der Waals surface area contributed by atoms with E-state index in [1.807, 2.05) is 0 Å². The van der Waals surface area contributed by atoms with Gasteiger partial charge in [0.25, 0.3) is 0 Å². The number of ketones is 1. The molecule has 1 aromatic rings. The van der Waals surface area contributed by atoms with Crippen LogP contribution in [0.2, 0.25) is 0 Å². The van der Waals surface area contributed by atoms with Crippen LogP contribution < -0.4 is 5.73 Å². The third-order valence-electron chi connectivity index (χ3n) is 1.84.